The van der Waals surface area contributed by atoms with E-state index in [4.69, 9.17) is 19.1 Å². The number of ether oxygens (including phenoxy) is 2. The molecule has 0 rings (SSSR count). The second-order valence-corrected chi connectivity index (χ2v) is 13.7. The SMILES string of the molecule is CCCCCCC/C=C/CCCCCCCC(=O)OC[C@@H](COP(=O)(O)OC[C@H](O)CO)OC(=O)CCCCCCCCCCC. The van der Waals surface area contributed by atoms with Crippen LogP contribution in [0.4, 0.5) is 0 Å². The van der Waals surface area contributed by atoms with E-state index in [2.05, 4.69) is 30.5 Å². The van der Waals surface area contributed by atoms with Gasteiger partial charge in [-0.2, -0.15) is 0 Å². The molecule has 0 aromatic heterocycles. The number of rotatable bonds is 34. The van der Waals surface area contributed by atoms with Crippen molar-refractivity contribution in [3.8, 4) is 0 Å². The number of hydrogen-bond acceptors (Lipinski definition) is 9. The molecular weight excluding hydrogens is 611 g/mol. The van der Waals surface area contributed by atoms with Crippen molar-refractivity contribution in [1.82, 2.24) is 0 Å². The van der Waals surface area contributed by atoms with Crippen molar-refractivity contribution in [3.05, 3.63) is 12.2 Å². The van der Waals surface area contributed by atoms with Gasteiger partial charge in [-0.1, -0.05) is 122 Å². The third-order valence-electron chi connectivity index (χ3n) is 7.67. The van der Waals surface area contributed by atoms with E-state index in [9.17, 15) is 24.2 Å². The highest BCUT2D eigenvalue weighted by atomic mass is 31.2. The molecule has 0 aromatic rings. The first kappa shape index (κ1) is 44.7. The molecule has 0 heterocycles. The lowest BCUT2D eigenvalue weighted by atomic mass is 10.1. The van der Waals surface area contributed by atoms with Crippen LogP contribution >= 0.6 is 7.82 Å². The Morgan fingerprint density at radius 1 is 0.630 bits per heavy atom. The number of carbonyl (C=O) groups is 2. The van der Waals surface area contributed by atoms with Crippen molar-refractivity contribution in [2.45, 2.75) is 174 Å². The quantitative estimate of drug-likeness (QED) is 0.0262. The largest absolute Gasteiger partial charge is 0.472 e. The van der Waals surface area contributed by atoms with Crippen molar-refractivity contribution in [2.75, 3.05) is 26.4 Å². The predicted molar refractivity (Wildman–Crippen MR) is 182 cm³/mol. The number of hydrogen-bond donors (Lipinski definition) is 3. The average Bonchev–Trinajstić information content (AvgIpc) is 3.04. The summed E-state index contributed by atoms with van der Waals surface area (Å²) in [7, 11) is -4.60. The number of phosphoric ester groups is 1. The van der Waals surface area contributed by atoms with Crippen molar-refractivity contribution in [3.63, 3.8) is 0 Å². The smallest absolute Gasteiger partial charge is 0.462 e. The summed E-state index contributed by atoms with van der Waals surface area (Å²) in [4.78, 5) is 34.7. The third kappa shape index (κ3) is 31.3. The van der Waals surface area contributed by atoms with Crippen molar-refractivity contribution in [1.29, 1.82) is 0 Å². The van der Waals surface area contributed by atoms with E-state index in [0.717, 1.165) is 51.4 Å². The second-order valence-electron chi connectivity index (χ2n) is 12.3. The molecule has 0 aromatic carbocycles. The van der Waals surface area contributed by atoms with Crippen LogP contribution in [0.2, 0.25) is 0 Å². The molecule has 272 valence electrons. The second kappa shape index (κ2) is 32.3. The van der Waals surface area contributed by atoms with Crippen molar-refractivity contribution in [2.24, 2.45) is 0 Å². The van der Waals surface area contributed by atoms with Gasteiger partial charge in [-0.15, -0.1) is 0 Å². The molecule has 0 fully saturated rings. The molecule has 3 N–H and O–H groups in total. The van der Waals surface area contributed by atoms with Gasteiger partial charge in [0, 0.05) is 12.8 Å². The normalized spacial score (nSPS) is 14.3. The lowest BCUT2D eigenvalue weighted by Crippen LogP contribution is -2.29. The van der Waals surface area contributed by atoms with E-state index in [1.54, 1.807) is 0 Å². The summed E-state index contributed by atoms with van der Waals surface area (Å²) in [5, 5.41) is 18.2. The number of phosphoric acid groups is 1. The molecule has 0 radical (unpaired) electrons. The molecule has 0 bridgehead atoms. The zero-order valence-corrected chi connectivity index (χ0v) is 29.9. The summed E-state index contributed by atoms with van der Waals surface area (Å²) < 4.78 is 32.5. The Labute approximate surface area is 279 Å². The maximum Gasteiger partial charge on any atom is 0.472 e. The van der Waals surface area contributed by atoms with Crippen LogP contribution < -0.4 is 0 Å². The maximum atomic E-state index is 12.5. The standard InChI is InChI=1S/C35H67O10P/c1-3-5-7-9-11-13-14-15-16-17-19-20-22-24-26-34(38)42-30-33(31-44-46(40,41)43-29-32(37)28-36)45-35(39)27-25-23-21-18-12-10-8-6-4-2/h14-15,32-33,36-37H,3-13,16-31H2,1-2H3,(H,40,41)/b15-14+/t32-,33+/m1/s1. The number of allylic oxidation sites excluding steroid dienone is 2. The number of carbonyl (C=O) groups excluding carboxylic acids is 2. The van der Waals surface area contributed by atoms with Gasteiger partial charge in [-0.3, -0.25) is 18.6 Å². The van der Waals surface area contributed by atoms with Gasteiger partial charge in [-0.25, -0.2) is 4.57 Å². The molecule has 10 nitrogen and oxygen atoms in total. The van der Waals surface area contributed by atoms with Crippen LogP contribution in [0.15, 0.2) is 12.2 Å². The minimum absolute atomic E-state index is 0.186. The molecule has 11 heteroatoms. The monoisotopic (exact) mass is 678 g/mol. The van der Waals surface area contributed by atoms with E-state index >= 15 is 0 Å². The Bertz CT molecular complexity index is 791. The van der Waals surface area contributed by atoms with Gasteiger partial charge in [0.2, 0.25) is 0 Å². The lowest BCUT2D eigenvalue weighted by molar-refractivity contribution is -0.161. The van der Waals surface area contributed by atoms with Gasteiger partial charge in [0.25, 0.3) is 0 Å². The number of aliphatic hydroxyl groups excluding tert-OH is 2. The van der Waals surface area contributed by atoms with Crippen LogP contribution in [0.5, 0.6) is 0 Å². The molecular formula is C35H67O10P. The number of unbranched alkanes of at least 4 members (excludes halogenated alkanes) is 18. The first-order valence-corrected chi connectivity index (χ1v) is 19.6. The Balaban J connectivity index is 4.37. The summed E-state index contributed by atoms with van der Waals surface area (Å²) in [5.74, 6) is -0.935. The fourth-order valence-electron chi connectivity index (χ4n) is 4.81. The van der Waals surface area contributed by atoms with Crippen LogP contribution in [0.25, 0.3) is 0 Å². The maximum absolute atomic E-state index is 12.5. The fourth-order valence-corrected chi connectivity index (χ4v) is 5.60. The molecule has 3 atom stereocenters. The minimum Gasteiger partial charge on any atom is -0.462 e. The molecule has 0 aliphatic rings. The van der Waals surface area contributed by atoms with Crippen LogP contribution in [-0.4, -0.2) is 65.7 Å². The molecule has 0 saturated heterocycles. The van der Waals surface area contributed by atoms with E-state index in [-0.39, 0.29) is 19.4 Å². The molecule has 0 saturated carbocycles. The first-order valence-electron chi connectivity index (χ1n) is 18.1. The summed E-state index contributed by atoms with van der Waals surface area (Å²) in [5.41, 5.74) is 0. The van der Waals surface area contributed by atoms with Crippen LogP contribution in [0.3, 0.4) is 0 Å². The van der Waals surface area contributed by atoms with Gasteiger partial charge in [0.15, 0.2) is 6.10 Å². The number of aliphatic hydroxyl groups is 2. The van der Waals surface area contributed by atoms with E-state index in [1.807, 2.05) is 0 Å². The Morgan fingerprint density at radius 2 is 1.07 bits per heavy atom. The van der Waals surface area contributed by atoms with Gasteiger partial charge >= 0.3 is 19.8 Å². The topological polar surface area (TPSA) is 149 Å². The summed E-state index contributed by atoms with van der Waals surface area (Å²) >= 11 is 0. The zero-order chi connectivity index (χ0) is 34.1. The summed E-state index contributed by atoms with van der Waals surface area (Å²) in [6.07, 6.45) is 26.2. The van der Waals surface area contributed by atoms with Gasteiger partial charge in [0.05, 0.1) is 19.8 Å². The summed E-state index contributed by atoms with van der Waals surface area (Å²) in [6.45, 7) is 2.32. The van der Waals surface area contributed by atoms with E-state index < -0.39 is 51.8 Å². The average molecular weight is 679 g/mol. The molecule has 0 aliphatic carbocycles. The molecule has 0 spiro atoms. The third-order valence-corrected chi connectivity index (χ3v) is 8.62. The van der Waals surface area contributed by atoms with Crippen LogP contribution in [0.1, 0.15) is 162 Å². The van der Waals surface area contributed by atoms with Crippen LogP contribution in [-0.2, 0) is 32.7 Å². The predicted octanol–water partition coefficient (Wildman–Crippen LogP) is 8.50. The highest BCUT2D eigenvalue weighted by molar-refractivity contribution is 7.47. The van der Waals surface area contributed by atoms with Gasteiger partial charge in [0.1, 0.15) is 12.7 Å². The first-order chi connectivity index (χ1) is 22.2. The highest BCUT2D eigenvalue weighted by Gasteiger charge is 2.27. The van der Waals surface area contributed by atoms with E-state index in [1.165, 1.54) is 70.6 Å². The number of esters is 2. The molecule has 0 amide bonds. The van der Waals surface area contributed by atoms with E-state index in [0.29, 0.717) is 12.8 Å². The van der Waals surface area contributed by atoms with Crippen molar-refractivity contribution >= 4 is 19.8 Å². The lowest BCUT2D eigenvalue weighted by Gasteiger charge is -2.20. The fraction of sp³-hybridized carbons (Fsp3) is 0.886. The highest BCUT2D eigenvalue weighted by Crippen LogP contribution is 2.43. The van der Waals surface area contributed by atoms with Gasteiger partial charge in [-0.05, 0) is 38.5 Å². The Kier molecular flexibility index (Phi) is 31.4. The minimum atomic E-state index is -4.60. The zero-order valence-electron chi connectivity index (χ0n) is 29.0. The molecule has 46 heavy (non-hydrogen) atoms. The summed E-state index contributed by atoms with van der Waals surface area (Å²) in [6, 6.07) is 0. The van der Waals surface area contributed by atoms with Gasteiger partial charge < -0.3 is 24.6 Å². The van der Waals surface area contributed by atoms with Crippen LogP contribution in [0, 0.1) is 0 Å². The molecule has 1 unspecified atom stereocenters. The Morgan fingerprint density at radius 3 is 1.57 bits per heavy atom. The Hall–Kier alpha value is -1.29. The van der Waals surface area contributed by atoms with Crippen molar-refractivity contribution < 1.29 is 47.8 Å². The molecule has 0 aliphatic heterocycles.